The van der Waals surface area contributed by atoms with Gasteiger partial charge in [-0.25, -0.2) is 9.97 Å². The lowest BCUT2D eigenvalue weighted by atomic mass is 10.1. The fraction of sp³-hybridized carbons (Fsp3) is 0.273. The zero-order chi connectivity index (χ0) is 22.2. The molecule has 5 N–H and O–H groups in total. The lowest BCUT2D eigenvalue weighted by molar-refractivity contribution is -0.121. The van der Waals surface area contributed by atoms with Gasteiger partial charge in [0.05, 0.1) is 18.5 Å². The van der Waals surface area contributed by atoms with E-state index in [1.165, 1.54) is 10.8 Å². The van der Waals surface area contributed by atoms with E-state index < -0.39 is 12.2 Å². The van der Waals surface area contributed by atoms with Gasteiger partial charge in [-0.05, 0) is 30.5 Å². The van der Waals surface area contributed by atoms with Gasteiger partial charge < -0.3 is 21.5 Å². The van der Waals surface area contributed by atoms with Crippen molar-refractivity contribution in [3.05, 3.63) is 81.5 Å². The molecule has 0 saturated heterocycles. The van der Waals surface area contributed by atoms with Gasteiger partial charge in [0, 0.05) is 18.8 Å². The Morgan fingerprint density at radius 1 is 1.19 bits per heavy atom. The summed E-state index contributed by atoms with van der Waals surface area (Å²) < 4.78 is 1.22. The van der Waals surface area contributed by atoms with Crippen LogP contribution in [0.4, 0.5) is 11.6 Å². The average Bonchev–Trinajstić information content (AvgIpc) is 2.76. The van der Waals surface area contributed by atoms with Gasteiger partial charge >= 0.3 is 0 Å². The molecule has 1 aromatic carbocycles. The van der Waals surface area contributed by atoms with Crippen molar-refractivity contribution in [3.63, 3.8) is 0 Å². The van der Waals surface area contributed by atoms with E-state index in [2.05, 4.69) is 20.6 Å². The minimum absolute atomic E-state index is 0.138. The number of nitrogens with zero attached hydrogens (tertiary/aromatic N) is 3. The van der Waals surface area contributed by atoms with Crippen LogP contribution in [-0.4, -0.2) is 32.1 Å². The maximum absolute atomic E-state index is 12.8. The molecule has 31 heavy (non-hydrogen) atoms. The first-order valence-corrected chi connectivity index (χ1v) is 9.94. The number of nitrogen functional groups attached to an aromatic ring is 1. The Bertz CT molecular complexity index is 1100. The molecule has 0 aliphatic heterocycles. The summed E-state index contributed by atoms with van der Waals surface area (Å²) in [6.07, 6.45) is 2.12. The van der Waals surface area contributed by atoms with E-state index in [-0.39, 0.29) is 30.5 Å². The van der Waals surface area contributed by atoms with Crippen LogP contribution in [-0.2, 0) is 30.9 Å². The first kappa shape index (κ1) is 22.0. The van der Waals surface area contributed by atoms with Gasteiger partial charge in [0.25, 0.3) is 5.56 Å². The Hall–Kier alpha value is -3.72. The number of aliphatic hydroxyl groups excluding tert-OH is 1. The molecule has 0 aliphatic rings. The standard InChI is InChI=1S/C22H26N6O3/c1-15-17(7-8-19(23)27-15)11-25-20(30)13-28-18(14-29)12-26-21(22(28)31)24-10-9-16-5-3-2-4-6-16/h2-8,12,29H,9-11,13-14H2,1H3,(H2,23,27)(H,24,26)(H,25,30). The van der Waals surface area contributed by atoms with E-state index in [1.54, 1.807) is 12.1 Å². The highest BCUT2D eigenvalue weighted by Gasteiger charge is 2.13. The normalized spacial score (nSPS) is 10.6. The number of aryl methyl sites for hydroxylation is 1. The molecule has 9 heteroatoms. The number of pyridine rings is 1. The van der Waals surface area contributed by atoms with Crippen LogP contribution in [0.15, 0.2) is 53.5 Å². The molecular weight excluding hydrogens is 396 g/mol. The van der Waals surface area contributed by atoms with Crippen molar-refractivity contribution in [2.45, 2.75) is 33.0 Å². The average molecular weight is 422 g/mol. The Morgan fingerprint density at radius 2 is 1.97 bits per heavy atom. The third-order valence-corrected chi connectivity index (χ3v) is 4.84. The Kier molecular flexibility index (Phi) is 7.34. The van der Waals surface area contributed by atoms with Crippen molar-refractivity contribution < 1.29 is 9.90 Å². The maximum Gasteiger partial charge on any atom is 0.294 e. The van der Waals surface area contributed by atoms with Gasteiger partial charge in [0.15, 0.2) is 5.82 Å². The fourth-order valence-electron chi connectivity index (χ4n) is 3.10. The van der Waals surface area contributed by atoms with Crippen LogP contribution in [0.3, 0.4) is 0 Å². The number of nitrogens with two attached hydrogens (primary N) is 1. The second-order valence-electron chi connectivity index (χ2n) is 7.07. The summed E-state index contributed by atoms with van der Waals surface area (Å²) in [6.45, 7) is 1.95. The minimum Gasteiger partial charge on any atom is -0.390 e. The second-order valence-corrected chi connectivity index (χ2v) is 7.07. The fourth-order valence-corrected chi connectivity index (χ4v) is 3.10. The van der Waals surface area contributed by atoms with Gasteiger partial charge in [-0.1, -0.05) is 36.4 Å². The summed E-state index contributed by atoms with van der Waals surface area (Å²) in [5, 5.41) is 15.4. The number of hydrogen-bond acceptors (Lipinski definition) is 7. The van der Waals surface area contributed by atoms with Crippen molar-refractivity contribution in [2.24, 2.45) is 0 Å². The van der Waals surface area contributed by atoms with Crippen molar-refractivity contribution in [1.29, 1.82) is 0 Å². The van der Waals surface area contributed by atoms with E-state index in [0.717, 1.165) is 23.2 Å². The van der Waals surface area contributed by atoms with Crippen molar-refractivity contribution in [2.75, 3.05) is 17.6 Å². The minimum atomic E-state index is -0.458. The molecule has 0 bridgehead atoms. The number of aromatic nitrogens is 3. The predicted molar refractivity (Wildman–Crippen MR) is 118 cm³/mol. The van der Waals surface area contributed by atoms with E-state index in [4.69, 9.17) is 5.73 Å². The predicted octanol–water partition coefficient (Wildman–Crippen LogP) is 0.992. The number of benzene rings is 1. The highest BCUT2D eigenvalue weighted by Crippen LogP contribution is 2.08. The van der Waals surface area contributed by atoms with Crippen LogP contribution in [0.1, 0.15) is 22.5 Å². The molecule has 162 valence electrons. The zero-order valence-electron chi connectivity index (χ0n) is 17.3. The Labute approximate surface area is 180 Å². The van der Waals surface area contributed by atoms with Crippen LogP contribution < -0.4 is 21.9 Å². The van der Waals surface area contributed by atoms with Crippen molar-refractivity contribution in [3.8, 4) is 0 Å². The lowest BCUT2D eigenvalue weighted by Crippen LogP contribution is -2.35. The molecule has 3 rings (SSSR count). The SMILES string of the molecule is Cc1nc(N)ccc1CNC(=O)Cn1c(CO)cnc(NCCc2ccccc2)c1=O. The van der Waals surface area contributed by atoms with E-state index in [1.807, 2.05) is 37.3 Å². The van der Waals surface area contributed by atoms with Gasteiger partial charge in [-0.3, -0.25) is 14.2 Å². The molecule has 0 atom stereocenters. The third kappa shape index (κ3) is 5.89. The smallest absolute Gasteiger partial charge is 0.294 e. The van der Waals surface area contributed by atoms with E-state index in [9.17, 15) is 14.7 Å². The quantitative estimate of drug-likeness (QED) is 0.404. The molecule has 1 amide bonds. The third-order valence-electron chi connectivity index (χ3n) is 4.84. The van der Waals surface area contributed by atoms with Gasteiger partial charge in [0.1, 0.15) is 12.4 Å². The topological polar surface area (TPSA) is 135 Å². The van der Waals surface area contributed by atoms with Crippen LogP contribution in [0.5, 0.6) is 0 Å². The van der Waals surface area contributed by atoms with E-state index in [0.29, 0.717) is 12.4 Å². The summed E-state index contributed by atoms with van der Waals surface area (Å²) in [4.78, 5) is 33.5. The monoisotopic (exact) mass is 422 g/mol. The molecule has 0 saturated carbocycles. The molecule has 0 fully saturated rings. The molecule has 0 radical (unpaired) electrons. The first-order chi connectivity index (χ1) is 15.0. The van der Waals surface area contributed by atoms with Crippen LogP contribution in [0.25, 0.3) is 0 Å². The molecule has 3 aromatic rings. The largest absolute Gasteiger partial charge is 0.390 e. The number of rotatable bonds is 9. The Balaban J connectivity index is 1.65. The number of aliphatic hydroxyl groups is 1. The molecule has 9 nitrogen and oxygen atoms in total. The molecule has 2 heterocycles. The number of hydrogen-bond donors (Lipinski definition) is 4. The molecule has 0 aliphatic carbocycles. The molecule has 2 aromatic heterocycles. The number of carbonyl (C=O) groups excluding carboxylic acids is 1. The van der Waals surface area contributed by atoms with Crippen LogP contribution >= 0.6 is 0 Å². The van der Waals surface area contributed by atoms with Crippen molar-refractivity contribution >= 4 is 17.5 Å². The van der Waals surface area contributed by atoms with Gasteiger partial charge in [-0.2, -0.15) is 0 Å². The number of carbonyl (C=O) groups is 1. The first-order valence-electron chi connectivity index (χ1n) is 9.94. The highest BCUT2D eigenvalue weighted by atomic mass is 16.3. The summed E-state index contributed by atoms with van der Waals surface area (Å²) in [6, 6.07) is 13.3. The highest BCUT2D eigenvalue weighted by molar-refractivity contribution is 5.75. The van der Waals surface area contributed by atoms with Crippen LogP contribution in [0.2, 0.25) is 0 Å². The lowest BCUT2D eigenvalue weighted by Gasteiger charge is -2.14. The zero-order valence-corrected chi connectivity index (χ0v) is 17.3. The van der Waals surface area contributed by atoms with Gasteiger partial charge in [0.2, 0.25) is 5.91 Å². The molecule has 0 spiro atoms. The molecule has 0 unspecified atom stereocenters. The van der Waals surface area contributed by atoms with Crippen LogP contribution in [0, 0.1) is 6.92 Å². The number of amides is 1. The Morgan fingerprint density at radius 3 is 2.68 bits per heavy atom. The van der Waals surface area contributed by atoms with E-state index >= 15 is 0 Å². The summed E-state index contributed by atoms with van der Waals surface area (Å²) in [7, 11) is 0. The maximum atomic E-state index is 12.8. The van der Waals surface area contributed by atoms with Crippen molar-refractivity contribution in [1.82, 2.24) is 19.9 Å². The second kappa shape index (κ2) is 10.4. The summed E-state index contributed by atoms with van der Waals surface area (Å²) >= 11 is 0. The summed E-state index contributed by atoms with van der Waals surface area (Å²) in [5.41, 5.74) is 8.14. The summed E-state index contributed by atoms with van der Waals surface area (Å²) in [5.74, 6) is 0.185. The number of anilines is 2. The van der Waals surface area contributed by atoms with Gasteiger partial charge in [-0.15, -0.1) is 0 Å². The number of nitrogens with one attached hydrogen (secondary N) is 2. The molecular formula is C22H26N6O3.